The van der Waals surface area contributed by atoms with E-state index < -0.39 is 13.6 Å². The molecule has 0 bridgehead atoms. The van der Waals surface area contributed by atoms with Crippen molar-refractivity contribution in [1.82, 2.24) is 0 Å². The molecule has 0 spiro atoms. The predicted octanol–water partition coefficient (Wildman–Crippen LogP) is 3.12. The average Bonchev–Trinajstić information content (AvgIpc) is 2.04. The zero-order valence-corrected chi connectivity index (χ0v) is 10.8. The quantitative estimate of drug-likeness (QED) is 0.669. The van der Waals surface area contributed by atoms with E-state index in [1.54, 1.807) is 12.1 Å². The molecular weight excluding hydrogens is 320 g/mol. The maximum absolute atomic E-state index is 10.9. The van der Waals surface area contributed by atoms with Gasteiger partial charge >= 0.3 is 0 Å². The van der Waals surface area contributed by atoms with E-state index in [1.165, 1.54) is 0 Å². The summed E-state index contributed by atoms with van der Waals surface area (Å²) >= 11 is 4.29. The summed E-state index contributed by atoms with van der Waals surface area (Å²) in [6, 6.07) is 7.37. The van der Waals surface area contributed by atoms with Crippen LogP contribution in [0.5, 0.6) is 0 Å². The summed E-state index contributed by atoms with van der Waals surface area (Å²) in [5.41, 5.74) is 1.84. The van der Waals surface area contributed by atoms with Crippen LogP contribution in [0.25, 0.3) is 0 Å². The van der Waals surface area contributed by atoms with Crippen LogP contribution in [0.2, 0.25) is 0 Å². The smallest absolute Gasteiger partial charge is 0.205 e. The fourth-order valence-corrected chi connectivity index (χ4v) is 1.71. The number of benzene rings is 1. The number of aryl methyl sites for hydroxylation is 1. The lowest BCUT2D eigenvalue weighted by atomic mass is 10.2. The van der Waals surface area contributed by atoms with Gasteiger partial charge in [-0.1, -0.05) is 29.8 Å². The molecule has 0 aromatic heterocycles. The Bertz CT molecular complexity index is 321. The van der Waals surface area contributed by atoms with E-state index in [9.17, 15) is 4.21 Å². The largest absolute Gasteiger partial charge is 0.304 e. The third kappa shape index (κ3) is 2.62. The molecule has 0 aliphatic heterocycles. The minimum absolute atomic E-state index is 0.721. The van der Waals surface area contributed by atoms with Gasteiger partial charge in [0.25, 0.3) is 0 Å². The van der Waals surface area contributed by atoms with Crippen LogP contribution in [0.1, 0.15) is 11.1 Å². The monoisotopic (exact) mass is 326 g/mol. The van der Waals surface area contributed by atoms with Gasteiger partial charge in [0.1, 0.15) is 0 Å². The van der Waals surface area contributed by atoms with Crippen molar-refractivity contribution in [1.29, 1.82) is 0 Å². The molecule has 2 nitrogen and oxygen atoms in total. The molecule has 0 aliphatic carbocycles. The molecule has 0 heterocycles. The van der Waals surface area contributed by atoms with E-state index in [-0.39, 0.29) is 0 Å². The fourth-order valence-electron chi connectivity index (χ4n) is 0.848. The molecule has 0 amide bonds. The summed E-state index contributed by atoms with van der Waals surface area (Å²) in [6.45, 7) is 1.96. The molecule has 0 saturated carbocycles. The van der Waals surface area contributed by atoms with Gasteiger partial charge in [0.05, 0.1) is 0 Å². The molecule has 5 heteroatoms. The van der Waals surface area contributed by atoms with Crippen LogP contribution in [-0.2, 0) is 13.6 Å². The standard InChI is InChI=1S/C8H8Br2O2S/c1-6-2-4-7(5-3-6)8(9,10)13(11)12/h2-5H,1H3,(H,11,12). The van der Waals surface area contributed by atoms with E-state index >= 15 is 0 Å². The molecule has 0 aliphatic rings. The minimum Gasteiger partial charge on any atom is -0.304 e. The number of alkyl halides is 2. The Balaban J connectivity index is 3.08. The van der Waals surface area contributed by atoms with Crippen molar-refractivity contribution >= 4 is 42.9 Å². The first-order valence-corrected chi connectivity index (χ1v) is 6.20. The van der Waals surface area contributed by atoms with Crippen molar-refractivity contribution in [2.45, 2.75) is 9.49 Å². The second-order valence-corrected chi connectivity index (χ2v) is 8.24. The highest BCUT2D eigenvalue weighted by Gasteiger charge is 2.31. The van der Waals surface area contributed by atoms with Gasteiger partial charge < -0.3 is 4.55 Å². The molecule has 1 aromatic rings. The summed E-state index contributed by atoms with van der Waals surface area (Å²) in [6.07, 6.45) is 0. The zero-order valence-electron chi connectivity index (χ0n) is 6.83. The molecule has 1 N–H and O–H groups in total. The molecule has 0 radical (unpaired) electrons. The summed E-state index contributed by atoms with van der Waals surface area (Å²) in [7, 11) is 0. The first kappa shape index (κ1) is 11.4. The molecule has 1 aromatic carbocycles. The maximum atomic E-state index is 10.9. The third-order valence-electron chi connectivity index (χ3n) is 1.61. The Morgan fingerprint density at radius 2 is 1.77 bits per heavy atom. The van der Waals surface area contributed by atoms with Gasteiger partial charge in [-0.2, -0.15) is 0 Å². The highest BCUT2D eigenvalue weighted by Crippen LogP contribution is 2.40. The molecule has 72 valence electrons. The number of hydrogen-bond donors (Lipinski definition) is 1. The summed E-state index contributed by atoms with van der Waals surface area (Å²) in [5.74, 6) is 0. The first-order valence-electron chi connectivity index (χ1n) is 3.50. The lowest BCUT2D eigenvalue weighted by Gasteiger charge is -2.16. The van der Waals surface area contributed by atoms with Crippen LogP contribution in [0.4, 0.5) is 0 Å². The molecule has 0 fully saturated rings. The van der Waals surface area contributed by atoms with Gasteiger partial charge in [-0.3, -0.25) is 0 Å². The molecule has 1 unspecified atom stereocenters. The van der Waals surface area contributed by atoms with Crippen LogP contribution in [0, 0.1) is 6.92 Å². The fraction of sp³-hybridized carbons (Fsp3) is 0.250. The van der Waals surface area contributed by atoms with E-state index in [2.05, 4.69) is 31.9 Å². The lowest BCUT2D eigenvalue weighted by molar-refractivity contribution is 0.560. The third-order valence-corrected chi connectivity index (χ3v) is 4.86. The van der Waals surface area contributed by atoms with Crippen LogP contribution < -0.4 is 0 Å². The second kappa shape index (κ2) is 4.21. The minimum atomic E-state index is -2.00. The Morgan fingerprint density at radius 1 is 1.31 bits per heavy atom. The highest BCUT2D eigenvalue weighted by molar-refractivity contribution is 9.27. The normalized spacial score (nSPS) is 14.2. The van der Waals surface area contributed by atoms with Gasteiger partial charge in [0.2, 0.25) is 2.57 Å². The molecule has 1 rings (SSSR count). The van der Waals surface area contributed by atoms with Gasteiger partial charge in [-0.15, -0.1) is 0 Å². The number of rotatable bonds is 2. The molecule has 13 heavy (non-hydrogen) atoms. The Morgan fingerprint density at radius 3 is 2.15 bits per heavy atom. The average molecular weight is 328 g/mol. The Kier molecular flexibility index (Phi) is 3.68. The second-order valence-electron chi connectivity index (χ2n) is 2.63. The van der Waals surface area contributed by atoms with E-state index in [0.717, 1.165) is 11.1 Å². The highest BCUT2D eigenvalue weighted by atomic mass is 79.9. The molecule has 1 atom stereocenters. The summed E-state index contributed by atoms with van der Waals surface area (Å²) < 4.78 is 18.8. The first-order chi connectivity index (χ1) is 5.94. The van der Waals surface area contributed by atoms with E-state index in [0.29, 0.717) is 0 Å². The van der Waals surface area contributed by atoms with E-state index in [4.69, 9.17) is 4.55 Å². The molecular formula is C8H8Br2O2S. The van der Waals surface area contributed by atoms with Crippen molar-refractivity contribution in [3.05, 3.63) is 35.4 Å². The van der Waals surface area contributed by atoms with Gasteiger partial charge in [-0.05, 0) is 44.3 Å². The zero-order chi connectivity index (χ0) is 10.1. The maximum Gasteiger partial charge on any atom is 0.205 e. The van der Waals surface area contributed by atoms with Crippen molar-refractivity contribution in [2.75, 3.05) is 0 Å². The number of hydrogen-bond acceptors (Lipinski definition) is 1. The topological polar surface area (TPSA) is 37.3 Å². The van der Waals surface area contributed by atoms with Crippen LogP contribution >= 0.6 is 31.9 Å². The van der Waals surface area contributed by atoms with Gasteiger partial charge in [0, 0.05) is 0 Å². The van der Waals surface area contributed by atoms with Gasteiger partial charge in [0.15, 0.2) is 11.1 Å². The Hall–Kier alpha value is 0.290. The van der Waals surface area contributed by atoms with Crippen molar-refractivity contribution in [3.63, 3.8) is 0 Å². The van der Waals surface area contributed by atoms with Crippen molar-refractivity contribution < 1.29 is 8.76 Å². The van der Waals surface area contributed by atoms with Crippen LogP contribution in [-0.4, -0.2) is 8.76 Å². The van der Waals surface area contributed by atoms with Crippen LogP contribution in [0.15, 0.2) is 24.3 Å². The SMILES string of the molecule is Cc1ccc(C(Br)(Br)S(=O)O)cc1. The Labute approximate surface area is 96.3 Å². The van der Waals surface area contributed by atoms with Crippen molar-refractivity contribution in [3.8, 4) is 0 Å². The lowest BCUT2D eigenvalue weighted by Crippen LogP contribution is -2.15. The summed E-state index contributed by atoms with van der Waals surface area (Å²) in [4.78, 5) is 0. The predicted molar refractivity (Wildman–Crippen MR) is 61.5 cm³/mol. The molecule has 0 saturated heterocycles. The van der Waals surface area contributed by atoms with E-state index in [1.807, 2.05) is 19.1 Å². The number of halogens is 2. The van der Waals surface area contributed by atoms with Crippen molar-refractivity contribution in [2.24, 2.45) is 0 Å². The summed E-state index contributed by atoms with van der Waals surface area (Å²) in [5, 5.41) is 0. The van der Waals surface area contributed by atoms with Crippen LogP contribution in [0.3, 0.4) is 0 Å². The van der Waals surface area contributed by atoms with Gasteiger partial charge in [-0.25, -0.2) is 4.21 Å².